The number of fused-ring (bicyclic) bond motifs is 2. The Labute approximate surface area is 244 Å². The van der Waals surface area contributed by atoms with Gasteiger partial charge in [-0.3, -0.25) is 19.3 Å². The van der Waals surface area contributed by atoms with Crippen molar-refractivity contribution in [1.29, 1.82) is 0 Å². The lowest BCUT2D eigenvalue weighted by atomic mass is 9.93. The molecule has 0 bridgehead atoms. The Balaban J connectivity index is 1.56. The van der Waals surface area contributed by atoms with Crippen LogP contribution in [-0.2, 0) is 22.3 Å². The third kappa shape index (κ3) is 5.03. The first-order valence-electron chi connectivity index (χ1n) is 13.2. The normalized spacial score (nSPS) is 13.9. The van der Waals surface area contributed by atoms with E-state index in [1.54, 1.807) is 30.5 Å². The molecule has 1 amide bonds. The monoisotopic (exact) mass is 579 g/mol. The van der Waals surface area contributed by atoms with Gasteiger partial charge in [-0.05, 0) is 44.2 Å². The van der Waals surface area contributed by atoms with Crippen LogP contribution in [0.1, 0.15) is 39.2 Å². The van der Waals surface area contributed by atoms with Crippen LogP contribution < -0.4 is 4.72 Å². The minimum atomic E-state index is -1.82. The highest BCUT2D eigenvalue weighted by molar-refractivity contribution is 7.83. The average Bonchev–Trinajstić information content (AvgIpc) is 3.28. The number of benzene rings is 3. The van der Waals surface area contributed by atoms with Crippen LogP contribution in [0.4, 0.5) is 0 Å². The van der Waals surface area contributed by atoms with Crippen molar-refractivity contribution in [2.45, 2.75) is 31.7 Å². The van der Waals surface area contributed by atoms with Crippen molar-refractivity contribution in [2.24, 2.45) is 0 Å². The molecule has 0 saturated carbocycles. The van der Waals surface area contributed by atoms with E-state index in [-0.39, 0.29) is 24.4 Å². The van der Waals surface area contributed by atoms with E-state index in [1.165, 1.54) is 0 Å². The molecule has 1 aliphatic rings. The Kier molecular flexibility index (Phi) is 7.15. The quantitative estimate of drug-likeness (QED) is 0.238. The van der Waals surface area contributed by atoms with E-state index in [2.05, 4.69) is 9.71 Å². The minimum absolute atomic E-state index is 0.0906. The van der Waals surface area contributed by atoms with Crippen LogP contribution in [0.5, 0.6) is 0 Å². The molecule has 2 heterocycles. The summed E-state index contributed by atoms with van der Waals surface area (Å²) in [6.07, 6.45) is 7.31. The molecule has 0 spiro atoms. The van der Waals surface area contributed by atoms with E-state index in [0.717, 1.165) is 32.9 Å². The van der Waals surface area contributed by atoms with Gasteiger partial charge in [-0.1, -0.05) is 77.4 Å². The lowest BCUT2D eigenvalue weighted by Gasteiger charge is -2.15. The molecule has 0 radical (unpaired) electrons. The van der Waals surface area contributed by atoms with Gasteiger partial charge < -0.3 is 4.57 Å². The Morgan fingerprint density at radius 3 is 2.56 bits per heavy atom. The number of hydrogen-bond donors (Lipinski definition) is 1. The van der Waals surface area contributed by atoms with Gasteiger partial charge >= 0.3 is 0 Å². The number of carbonyl (C=O) groups excluding carboxylic acids is 2. The lowest BCUT2D eigenvalue weighted by Crippen LogP contribution is -2.29. The zero-order valence-corrected chi connectivity index (χ0v) is 24.1. The summed E-state index contributed by atoms with van der Waals surface area (Å²) in [5, 5.41) is 2.11. The maximum atomic E-state index is 14.1. The number of nitrogens with one attached hydrogen (secondary N) is 1. The van der Waals surface area contributed by atoms with Crippen molar-refractivity contribution in [3.63, 3.8) is 0 Å². The molecule has 0 saturated heterocycles. The van der Waals surface area contributed by atoms with E-state index >= 15 is 0 Å². The van der Waals surface area contributed by atoms with E-state index in [0.29, 0.717) is 26.6 Å². The molecule has 0 unspecified atom stereocenters. The molecule has 1 N–H and O–H groups in total. The molecule has 204 valence electrons. The molecule has 2 aromatic heterocycles. The van der Waals surface area contributed by atoms with Gasteiger partial charge in [0.15, 0.2) is 16.8 Å². The molecule has 5 aromatic rings. The maximum absolute atomic E-state index is 14.1. The molecule has 0 aliphatic heterocycles. The van der Waals surface area contributed by atoms with Crippen LogP contribution in [-0.4, -0.2) is 25.5 Å². The summed E-state index contributed by atoms with van der Waals surface area (Å²) in [6, 6.07) is 20.6. The van der Waals surface area contributed by atoms with Crippen LogP contribution in [0, 0.1) is 13.8 Å². The first kappa shape index (κ1) is 26.9. The largest absolute Gasteiger partial charge is 0.331 e. The van der Waals surface area contributed by atoms with Crippen molar-refractivity contribution in [3.05, 3.63) is 124 Å². The molecule has 3 aromatic carbocycles. The van der Waals surface area contributed by atoms with E-state index in [4.69, 9.17) is 11.6 Å². The third-order valence-corrected chi connectivity index (χ3v) is 8.75. The number of rotatable bonds is 6. The maximum Gasteiger partial charge on any atom is 0.280 e. The summed E-state index contributed by atoms with van der Waals surface area (Å²) in [4.78, 5) is 32.4. The number of aromatic nitrogens is 2. The van der Waals surface area contributed by atoms with E-state index < -0.39 is 16.9 Å². The Morgan fingerprint density at radius 2 is 1.78 bits per heavy atom. The number of Topliss-reactive ketones (excluding diaryl/α,β-unsaturated/α-hetero) is 1. The summed E-state index contributed by atoms with van der Waals surface area (Å²) in [5.41, 5.74) is 5.44. The number of amides is 1. The molecular formula is C33H26ClN3O3S. The first-order chi connectivity index (χ1) is 19.8. The van der Waals surface area contributed by atoms with Gasteiger partial charge in [-0.2, -0.15) is 0 Å². The standard InChI is InChI=1S/C33H26ClN3O3S/c1-20-11-14-23(15-12-20)41(40)36-33(39)32-30(25-8-4-6-10-29(25)38)26-17-21(2)13-16-28(26)37(32)19-22-18-35-27-9-5-3-7-24(27)31(22)34/h3-9,11-18H,10,19H2,1-2H3,(H,36,39)/t41-/m0/s1. The van der Waals surface area contributed by atoms with Crippen LogP contribution in [0.2, 0.25) is 5.02 Å². The summed E-state index contributed by atoms with van der Waals surface area (Å²) < 4.78 is 17.8. The van der Waals surface area contributed by atoms with Crippen molar-refractivity contribution in [3.8, 4) is 0 Å². The molecule has 41 heavy (non-hydrogen) atoms. The predicted molar refractivity (Wildman–Crippen MR) is 164 cm³/mol. The van der Waals surface area contributed by atoms with Gasteiger partial charge in [0.2, 0.25) is 0 Å². The number of pyridine rings is 1. The van der Waals surface area contributed by atoms with Gasteiger partial charge in [0.1, 0.15) is 5.69 Å². The summed E-state index contributed by atoms with van der Waals surface area (Å²) in [6.45, 7) is 4.12. The second-order valence-electron chi connectivity index (χ2n) is 10.1. The van der Waals surface area contributed by atoms with Crippen LogP contribution >= 0.6 is 11.6 Å². The van der Waals surface area contributed by atoms with Crippen molar-refractivity contribution >= 4 is 61.7 Å². The highest BCUT2D eigenvalue weighted by Crippen LogP contribution is 2.36. The Hall–Kier alpha value is -4.33. The predicted octanol–water partition coefficient (Wildman–Crippen LogP) is 6.87. The van der Waals surface area contributed by atoms with Gasteiger partial charge in [0.25, 0.3) is 5.91 Å². The number of ketones is 1. The number of halogens is 1. The number of nitrogens with zero attached hydrogens (tertiary/aromatic N) is 2. The van der Waals surface area contributed by atoms with Gasteiger partial charge in [-0.25, -0.2) is 4.21 Å². The lowest BCUT2D eigenvalue weighted by molar-refractivity contribution is -0.113. The Morgan fingerprint density at radius 1 is 1.02 bits per heavy atom. The zero-order chi connectivity index (χ0) is 28.7. The van der Waals surface area contributed by atoms with Crippen molar-refractivity contribution in [1.82, 2.24) is 14.3 Å². The first-order valence-corrected chi connectivity index (χ1v) is 14.7. The number of para-hydroxylation sites is 1. The van der Waals surface area contributed by atoms with Crippen molar-refractivity contribution in [2.75, 3.05) is 0 Å². The summed E-state index contributed by atoms with van der Waals surface area (Å²) in [5.74, 6) is -0.645. The number of carbonyl (C=O) groups is 2. The molecular weight excluding hydrogens is 554 g/mol. The molecule has 0 fully saturated rings. The number of aryl methyl sites for hydroxylation is 2. The van der Waals surface area contributed by atoms with Crippen LogP contribution in [0.3, 0.4) is 0 Å². The van der Waals surface area contributed by atoms with Gasteiger partial charge in [0, 0.05) is 45.6 Å². The fraction of sp³-hybridized carbons (Fsp3) is 0.121. The molecule has 8 heteroatoms. The fourth-order valence-corrected chi connectivity index (χ4v) is 6.22. The Bertz CT molecular complexity index is 1950. The van der Waals surface area contributed by atoms with E-state index in [9.17, 15) is 13.8 Å². The molecule has 6 nitrogen and oxygen atoms in total. The molecule has 6 rings (SSSR count). The smallest absolute Gasteiger partial charge is 0.280 e. The average molecular weight is 580 g/mol. The second kappa shape index (κ2) is 10.9. The number of allylic oxidation sites excluding steroid dienone is 4. The summed E-state index contributed by atoms with van der Waals surface area (Å²) in [7, 11) is -1.82. The van der Waals surface area contributed by atoms with Gasteiger partial charge in [0.05, 0.1) is 22.0 Å². The number of hydrogen-bond acceptors (Lipinski definition) is 4. The minimum Gasteiger partial charge on any atom is -0.331 e. The molecule has 1 aliphatic carbocycles. The topological polar surface area (TPSA) is 81.1 Å². The van der Waals surface area contributed by atoms with E-state index in [1.807, 2.05) is 79.1 Å². The van der Waals surface area contributed by atoms with Gasteiger partial charge in [-0.15, -0.1) is 0 Å². The SMILES string of the molecule is Cc1ccc([S@](=O)NC(=O)c2c(C3=CC=CCC3=O)c3cc(C)ccc3n2Cc2cnc3ccccc3c2Cl)cc1. The fourth-order valence-electron chi connectivity index (χ4n) is 5.19. The van der Waals surface area contributed by atoms with Crippen LogP contribution in [0.25, 0.3) is 27.4 Å². The third-order valence-electron chi connectivity index (χ3n) is 7.24. The zero-order valence-electron chi connectivity index (χ0n) is 22.5. The second-order valence-corrected chi connectivity index (χ2v) is 11.7. The molecule has 1 atom stereocenters. The van der Waals surface area contributed by atoms with Crippen molar-refractivity contribution < 1.29 is 13.8 Å². The van der Waals surface area contributed by atoms with Crippen LogP contribution in [0.15, 0.2) is 96.1 Å². The highest BCUT2D eigenvalue weighted by Gasteiger charge is 2.29. The highest BCUT2D eigenvalue weighted by atomic mass is 35.5. The summed E-state index contributed by atoms with van der Waals surface area (Å²) >= 11 is 6.88.